The summed E-state index contributed by atoms with van der Waals surface area (Å²) in [5, 5.41) is 19.3. The molecule has 1 aromatic rings. The highest BCUT2D eigenvalue weighted by molar-refractivity contribution is 5.93. The van der Waals surface area contributed by atoms with Crippen molar-refractivity contribution in [3.8, 4) is 5.75 Å². The molecule has 0 fully saturated rings. The highest BCUT2D eigenvalue weighted by Gasteiger charge is 2.20. The number of hydrogen-bond acceptors (Lipinski definition) is 5. The summed E-state index contributed by atoms with van der Waals surface area (Å²) in [7, 11) is 0. The van der Waals surface area contributed by atoms with Gasteiger partial charge >= 0.3 is 11.9 Å². The number of rotatable bonds is 4. The Balaban J connectivity index is 3.14. The van der Waals surface area contributed by atoms with E-state index in [-0.39, 0.29) is 12.2 Å². The fourth-order valence-electron chi connectivity index (χ4n) is 1.11. The lowest BCUT2D eigenvalue weighted by Gasteiger charge is -2.04. The molecule has 17 heavy (non-hydrogen) atoms. The van der Waals surface area contributed by atoms with Crippen molar-refractivity contribution in [2.75, 3.05) is 0 Å². The number of hydrogen-bond donors (Lipinski definition) is 1. The second-order valence-electron chi connectivity index (χ2n) is 3.07. The maximum absolute atomic E-state index is 11.0. The normalized spacial score (nSPS) is 9.71. The first-order valence-corrected chi connectivity index (χ1v) is 4.68. The highest BCUT2D eigenvalue weighted by Crippen LogP contribution is 2.24. The van der Waals surface area contributed by atoms with Crippen LogP contribution in [0, 0.1) is 10.1 Å². The van der Waals surface area contributed by atoms with Crippen LogP contribution in [-0.2, 0) is 4.79 Å². The highest BCUT2D eigenvalue weighted by atomic mass is 16.6. The number of nitrogens with zero attached hydrogens (tertiary/aromatic N) is 1. The van der Waals surface area contributed by atoms with E-state index in [0.29, 0.717) is 0 Å². The minimum absolute atomic E-state index is 0.0279. The zero-order valence-electron chi connectivity index (χ0n) is 8.87. The number of carbonyl (C=O) groups excluding carboxylic acids is 1. The van der Waals surface area contributed by atoms with Gasteiger partial charge in [-0.1, -0.05) is 6.92 Å². The van der Waals surface area contributed by atoms with Crippen molar-refractivity contribution in [3.63, 3.8) is 0 Å². The number of aromatic carboxylic acids is 1. The van der Waals surface area contributed by atoms with Crippen molar-refractivity contribution < 1.29 is 24.4 Å². The summed E-state index contributed by atoms with van der Waals surface area (Å²) < 4.78 is 4.76. The first-order chi connectivity index (χ1) is 7.95. The Hall–Kier alpha value is -2.44. The number of carboxylic acids is 1. The quantitative estimate of drug-likeness (QED) is 0.370. The van der Waals surface area contributed by atoms with Crippen LogP contribution in [0.1, 0.15) is 23.7 Å². The third kappa shape index (κ3) is 3.00. The molecule has 0 aliphatic carbocycles. The van der Waals surface area contributed by atoms with Gasteiger partial charge in [-0.3, -0.25) is 14.9 Å². The second kappa shape index (κ2) is 5.06. The topological polar surface area (TPSA) is 107 Å². The summed E-state index contributed by atoms with van der Waals surface area (Å²) in [5.74, 6) is -2.03. The van der Waals surface area contributed by atoms with Crippen LogP contribution in [0.4, 0.5) is 5.69 Å². The van der Waals surface area contributed by atoms with E-state index in [2.05, 4.69) is 0 Å². The van der Waals surface area contributed by atoms with Crippen molar-refractivity contribution in [3.05, 3.63) is 33.9 Å². The Morgan fingerprint density at radius 3 is 2.59 bits per heavy atom. The van der Waals surface area contributed by atoms with Crippen LogP contribution in [0.5, 0.6) is 5.75 Å². The lowest BCUT2D eigenvalue weighted by molar-refractivity contribution is -0.385. The van der Waals surface area contributed by atoms with Crippen molar-refractivity contribution in [2.45, 2.75) is 13.3 Å². The number of carboxylic acid groups (broad SMARTS) is 1. The van der Waals surface area contributed by atoms with Gasteiger partial charge in [0.05, 0.1) is 4.92 Å². The zero-order chi connectivity index (χ0) is 13.0. The van der Waals surface area contributed by atoms with Crippen LogP contribution in [0.3, 0.4) is 0 Å². The smallest absolute Gasteiger partial charge is 0.342 e. The predicted octanol–water partition coefficient (Wildman–Crippen LogP) is 1.61. The summed E-state index contributed by atoms with van der Waals surface area (Å²) in [6.45, 7) is 1.58. The molecule has 0 aromatic heterocycles. The van der Waals surface area contributed by atoms with Crippen molar-refractivity contribution in [1.82, 2.24) is 0 Å². The van der Waals surface area contributed by atoms with E-state index in [1.807, 2.05) is 0 Å². The molecular weight excluding hydrogens is 230 g/mol. The molecule has 0 spiro atoms. The van der Waals surface area contributed by atoms with Gasteiger partial charge in [-0.25, -0.2) is 4.79 Å². The maximum Gasteiger partial charge on any atom is 0.342 e. The van der Waals surface area contributed by atoms with Crippen molar-refractivity contribution in [2.24, 2.45) is 0 Å². The number of ether oxygens (including phenoxy) is 1. The van der Waals surface area contributed by atoms with Crippen LogP contribution in [0.15, 0.2) is 18.2 Å². The molecule has 0 bridgehead atoms. The zero-order valence-corrected chi connectivity index (χ0v) is 8.87. The largest absolute Gasteiger partial charge is 0.477 e. The minimum atomic E-state index is -1.45. The van der Waals surface area contributed by atoms with Crippen LogP contribution in [0.2, 0.25) is 0 Å². The molecule has 0 saturated heterocycles. The molecule has 0 unspecified atom stereocenters. The van der Waals surface area contributed by atoms with E-state index < -0.39 is 28.1 Å². The molecular formula is C10H9NO6. The molecule has 0 amide bonds. The van der Waals surface area contributed by atoms with Crippen LogP contribution in [-0.4, -0.2) is 22.0 Å². The lowest BCUT2D eigenvalue weighted by atomic mass is 10.1. The Kier molecular flexibility index (Phi) is 3.76. The number of nitro benzene ring substituents is 1. The van der Waals surface area contributed by atoms with Gasteiger partial charge in [-0.2, -0.15) is 0 Å². The van der Waals surface area contributed by atoms with E-state index in [0.717, 1.165) is 12.1 Å². The third-order valence-corrected chi connectivity index (χ3v) is 1.92. The number of carbonyl (C=O) groups is 2. The summed E-state index contributed by atoms with van der Waals surface area (Å²) in [5.41, 5.74) is -1.06. The van der Waals surface area contributed by atoms with Gasteiger partial charge in [0.2, 0.25) is 0 Å². The molecule has 0 saturated carbocycles. The first kappa shape index (κ1) is 12.6. The SMILES string of the molecule is CCC(=O)Oc1ccc([N+](=O)[O-])c(C(=O)O)c1. The summed E-state index contributed by atoms with van der Waals surface area (Å²) in [6.07, 6.45) is 0.124. The summed E-state index contributed by atoms with van der Waals surface area (Å²) in [6, 6.07) is 3.12. The van der Waals surface area contributed by atoms with Gasteiger partial charge in [0, 0.05) is 18.6 Å². The standard InChI is InChI=1S/C10H9NO6/c1-2-9(12)17-6-3-4-8(11(15)16)7(5-6)10(13)14/h3-5H,2H2,1H3,(H,13,14). The molecule has 0 heterocycles. The number of benzene rings is 1. The average Bonchev–Trinajstić information content (AvgIpc) is 2.28. The van der Waals surface area contributed by atoms with E-state index >= 15 is 0 Å². The van der Waals surface area contributed by atoms with Gasteiger partial charge in [-0.05, 0) is 6.07 Å². The van der Waals surface area contributed by atoms with Crippen LogP contribution < -0.4 is 4.74 Å². The fourth-order valence-corrected chi connectivity index (χ4v) is 1.11. The molecule has 0 aliphatic heterocycles. The van der Waals surface area contributed by atoms with Gasteiger partial charge in [0.15, 0.2) is 0 Å². The van der Waals surface area contributed by atoms with Crippen molar-refractivity contribution >= 4 is 17.6 Å². The molecule has 7 heteroatoms. The molecule has 90 valence electrons. The Labute approximate surface area is 95.8 Å². The monoisotopic (exact) mass is 239 g/mol. The maximum atomic E-state index is 11.0. The average molecular weight is 239 g/mol. The Bertz CT molecular complexity index is 482. The van der Waals surface area contributed by atoms with Gasteiger partial charge in [0.25, 0.3) is 5.69 Å². The molecule has 1 rings (SSSR count). The molecule has 0 radical (unpaired) electrons. The molecule has 1 N–H and O–H groups in total. The molecule has 0 atom stereocenters. The predicted molar refractivity (Wildman–Crippen MR) is 56.0 cm³/mol. The minimum Gasteiger partial charge on any atom is -0.477 e. The Morgan fingerprint density at radius 2 is 2.12 bits per heavy atom. The fraction of sp³-hybridized carbons (Fsp3) is 0.200. The van der Waals surface area contributed by atoms with Crippen LogP contribution >= 0.6 is 0 Å². The van der Waals surface area contributed by atoms with Gasteiger partial charge < -0.3 is 9.84 Å². The molecule has 0 aliphatic rings. The van der Waals surface area contributed by atoms with E-state index in [9.17, 15) is 19.7 Å². The first-order valence-electron chi connectivity index (χ1n) is 4.68. The van der Waals surface area contributed by atoms with Crippen LogP contribution in [0.25, 0.3) is 0 Å². The van der Waals surface area contributed by atoms with Gasteiger partial charge in [0.1, 0.15) is 11.3 Å². The van der Waals surface area contributed by atoms with E-state index in [1.54, 1.807) is 6.92 Å². The Morgan fingerprint density at radius 1 is 1.47 bits per heavy atom. The third-order valence-electron chi connectivity index (χ3n) is 1.92. The summed E-state index contributed by atoms with van der Waals surface area (Å²) in [4.78, 5) is 31.5. The van der Waals surface area contributed by atoms with E-state index in [1.165, 1.54) is 6.07 Å². The molecule has 1 aromatic carbocycles. The lowest BCUT2D eigenvalue weighted by Crippen LogP contribution is -2.08. The van der Waals surface area contributed by atoms with Gasteiger partial charge in [-0.15, -0.1) is 0 Å². The number of nitro groups is 1. The van der Waals surface area contributed by atoms with Crippen molar-refractivity contribution in [1.29, 1.82) is 0 Å². The summed E-state index contributed by atoms with van der Waals surface area (Å²) >= 11 is 0. The number of esters is 1. The van der Waals surface area contributed by atoms with E-state index in [4.69, 9.17) is 9.84 Å². The molecule has 7 nitrogen and oxygen atoms in total. The second-order valence-corrected chi connectivity index (χ2v) is 3.07.